The molecule has 17 heavy (non-hydrogen) atoms. The summed E-state index contributed by atoms with van der Waals surface area (Å²) < 4.78 is 3.54. The Bertz CT molecular complexity index is 474. The van der Waals surface area contributed by atoms with Crippen molar-refractivity contribution in [2.24, 2.45) is 7.05 Å². The molecule has 0 aliphatic carbocycles. The molecule has 1 N–H and O–H groups in total. The van der Waals surface area contributed by atoms with Crippen LogP contribution in [-0.2, 0) is 13.6 Å². The van der Waals surface area contributed by atoms with Gasteiger partial charge in [0, 0.05) is 38.7 Å². The first-order valence-electron chi connectivity index (χ1n) is 5.49. The standard InChI is InChI=1S/C11H15N5O/c1-15-10(3-5-14-15)11(17)13-4-2-7-16-8-6-12-9-16/h3,5-6,8-9H,2,4,7H2,1H3,(H,13,17). The lowest BCUT2D eigenvalue weighted by Crippen LogP contribution is -2.27. The summed E-state index contributed by atoms with van der Waals surface area (Å²) in [6, 6.07) is 1.70. The van der Waals surface area contributed by atoms with Crippen LogP contribution in [0.25, 0.3) is 0 Å². The molecule has 0 unspecified atom stereocenters. The molecule has 0 spiro atoms. The minimum Gasteiger partial charge on any atom is -0.351 e. The highest BCUT2D eigenvalue weighted by atomic mass is 16.2. The van der Waals surface area contributed by atoms with Crippen LogP contribution in [0.4, 0.5) is 0 Å². The maximum atomic E-state index is 11.7. The Morgan fingerprint density at radius 3 is 3.00 bits per heavy atom. The minimum atomic E-state index is -0.0874. The lowest BCUT2D eigenvalue weighted by atomic mass is 10.3. The SMILES string of the molecule is Cn1nccc1C(=O)NCCCn1ccnc1. The summed E-state index contributed by atoms with van der Waals surface area (Å²) in [6.45, 7) is 1.49. The molecular weight excluding hydrogens is 218 g/mol. The van der Waals surface area contributed by atoms with Crippen LogP contribution in [0, 0.1) is 0 Å². The molecule has 0 aromatic carbocycles. The first kappa shape index (κ1) is 11.4. The van der Waals surface area contributed by atoms with Gasteiger partial charge in [0.15, 0.2) is 0 Å². The van der Waals surface area contributed by atoms with E-state index in [2.05, 4.69) is 15.4 Å². The van der Waals surface area contributed by atoms with Gasteiger partial charge >= 0.3 is 0 Å². The molecule has 2 heterocycles. The quantitative estimate of drug-likeness (QED) is 0.762. The first-order valence-corrected chi connectivity index (χ1v) is 5.49. The number of hydrogen-bond acceptors (Lipinski definition) is 3. The lowest BCUT2D eigenvalue weighted by Gasteiger charge is -2.05. The number of nitrogens with one attached hydrogen (secondary N) is 1. The summed E-state index contributed by atoms with van der Waals surface area (Å²) in [6.07, 6.45) is 7.90. The molecule has 0 fully saturated rings. The average molecular weight is 233 g/mol. The molecule has 2 aromatic heterocycles. The van der Waals surface area contributed by atoms with Crippen LogP contribution in [0.1, 0.15) is 16.9 Å². The van der Waals surface area contributed by atoms with E-state index in [-0.39, 0.29) is 5.91 Å². The molecular formula is C11H15N5O. The van der Waals surface area contributed by atoms with Gasteiger partial charge in [0.05, 0.1) is 6.33 Å². The predicted molar refractivity (Wildman–Crippen MR) is 62.4 cm³/mol. The third-order valence-corrected chi connectivity index (χ3v) is 2.49. The van der Waals surface area contributed by atoms with E-state index in [0.29, 0.717) is 12.2 Å². The Labute approximate surface area is 99.3 Å². The van der Waals surface area contributed by atoms with E-state index < -0.39 is 0 Å². The number of rotatable bonds is 5. The van der Waals surface area contributed by atoms with Crippen molar-refractivity contribution < 1.29 is 4.79 Å². The summed E-state index contributed by atoms with van der Waals surface area (Å²) >= 11 is 0. The summed E-state index contributed by atoms with van der Waals surface area (Å²) in [5, 5.41) is 6.80. The van der Waals surface area contributed by atoms with E-state index in [0.717, 1.165) is 13.0 Å². The zero-order chi connectivity index (χ0) is 12.1. The highest BCUT2D eigenvalue weighted by Crippen LogP contribution is 1.96. The van der Waals surface area contributed by atoms with Crippen LogP contribution in [0.3, 0.4) is 0 Å². The van der Waals surface area contributed by atoms with Crippen molar-refractivity contribution in [3.63, 3.8) is 0 Å². The van der Waals surface area contributed by atoms with Gasteiger partial charge < -0.3 is 9.88 Å². The van der Waals surface area contributed by atoms with Gasteiger partial charge in [-0.3, -0.25) is 9.48 Å². The van der Waals surface area contributed by atoms with Crippen molar-refractivity contribution in [3.05, 3.63) is 36.7 Å². The summed E-state index contributed by atoms with van der Waals surface area (Å²) in [5.41, 5.74) is 0.577. The summed E-state index contributed by atoms with van der Waals surface area (Å²) in [4.78, 5) is 15.6. The van der Waals surface area contributed by atoms with Crippen molar-refractivity contribution in [2.75, 3.05) is 6.54 Å². The van der Waals surface area contributed by atoms with Crippen molar-refractivity contribution in [1.82, 2.24) is 24.6 Å². The molecule has 2 rings (SSSR count). The van der Waals surface area contributed by atoms with Crippen LogP contribution < -0.4 is 5.32 Å². The van der Waals surface area contributed by atoms with Gasteiger partial charge in [0.1, 0.15) is 5.69 Å². The van der Waals surface area contributed by atoms with Gasteiger partial charge in [0.2, 0.25) is 0 Å². The zero-order valence-electron chi connectivity index (χ0n) is 9.71. The Morgan fingerprint density at radius 1 is 1.47 bits per heavy atom. The number of nitrogens with zero attached hydrogens (tertiary/aromatic N) is 4. The molecule has 6 heteroatoms. The van der Waals surface area contributed by atoms with Gasteiger partial charge in [-0.15, -0.1) is 0 Å². The van der Waals surface area contributed by atoms with Crippen molar-refractivity contribution in [3.8, 4) is 0 Å². The smallest absolute Gasteiger partial charge is 0.269 e. The Morgan fingerprint density at radius 2 is 2.35 bits per heavy atom. The van der Waals surface area contributed by atoms with Gasteiger partial charge in [-0.25, -0.2) is 4.98 Å². The first-order chi connectivity index (χ1) is 8.27. The van der Waals surface area contributed by atoms with Crippen molar-refractivity contribution in [1.29, 1.82) is 0 Å². The second-order valence-electron chi connectivity index (χ2n) is 3.75. The van der Waals surface area contributed by atoms with Gasteiger partial charge in [-0.1, -0.05) is 0 Å². The van der Waals surface area contributed by atoms with E-state index in [4.69, 9.17) is 0 Å². The van der Waals surface area contributed by atoms with E-state index in [1.165, 1.54) is 0 Å². The highest BCUT2D eigenvalue weighted by Gasteiger charge is 2.08. The molecule has 0 aliphatic rings. The molecule has 6 nitrogen and oxygen atoms in total. The number of carbonyl (C=O) groups excluding carboxylic acids is 1. The largest absolute Gasteiger partial charge is 0.351 e. The van der Waals surface area contributed by atoms with Crippen LogP contribution in [0.15, 0.2) is 31.0 Å². The number of imidazole rings is 1. The van der Waals surface area contributed by atoms with Crippen molar-refractivity contribution >= 4 is 5.91 Å². The number of carbonyl (C=O) groups is 1. The lowest BCUT2D eigenvalue weighted by molar-refractivity contribution is 0.0943. The molecule has 0 bridgehead atoms. The van der Waals surface area contributed by atoms with Crippen LogP contribution in [-0.4, -0.2) is 31.8 Å². The van der Waals surface area contributed by atoms with Gasteiger partial charge in [-0.05, 0) is 12.5 Å². The second-order valence-corrected chi connectivity index (χ2v) is 3.75. The maximum Gasteiger partial charge on any atom is 0.269 e. The van der Waals surface area contributed by atoms with Crippen LogP contribution in [0.2, 0.25) is 0 Å². The number of hydrogen-bond donors (Lipinski definition) is 1. The van der Waals surface area contributed by atoms with E-state index in [1.807, 2.05) is 10.8 Å². The average Bonchev–Trinajstić information content (AvgIpc) is 2.95. The third-order valence-electron chi connectivity index (χ3n) is 2.49. The molecule has 0 aliphatic heterocycles. The van der Waals surface area contributed by atoms with Crippen LogP contribution in [0.5, 0.6) is 0 Å². The molecule has 0 saturated heterocycles. The monoisotopic (exact) mass is 233 g/mol. The summed E-state index contributed by atoms with van der Waals surface area (Å²) in [5.74, 6) is -0.0874. The van der Waals surface area contributed by atoms with E-state index in [1.54, 1.807) is 36.5 Å². The predicted octanol–water partition coefficient (Wildman–Crippen LogP) is 0.437. The van der Waals surface area contributed by atoms with Gasteiger partial charge in [0.25, 0.3) is 5.91 Å². The fraction of sp³-hybridized carbons (Fsp3) is 0.364. The van der Waals surface area contributed by atoms with Gasteiger partial charge in [-0.2, -0.15) is 5.10 Å². The fourth-order valence-electron chi connectivity index (χ4n) is 1.57. The molecule has 0 atom stereocenters. The number of aromatic nitrogens is 4. The molecule has 90 valence electrons. The number of amides is 1. The molecule has 0 radical (unpaired) electrons. The van der Waals surface area contributed by atoms with Crippen molar-refractivity contribution in [2.45, 2.75) is 13.0 Å². The topological polar surface area (TPSA) is 64.7 Å². The Kier molecular flexibility index (Phi) is 3.54. The fourth-order valence-corrected chi connectivity index (χ4v) is 1.57. The maximum absolute atomic E-state index is 11.7. The Balaban J connectivity index is 1.72. The zero-order valence-corrected chi connectivity index (χ0v) is 9.71. The van der Waals surface area contributed by atoms with E-state index >= 15 is 0 Å². The van der Waals surface area contributed by atoms with E-state index in [9.17, 15) is 4.79 Å². The normalized spacial score (nSPS) is 10.4. The second kappa shape index (κ2) is 5.29. The summed E-state index contributed by atoms with van der Waals surface area (Å²) in [7, 11) is 1.75. The third kappa shape index (κ3) is 2.93. The molecule has 0 saturated carbocycles. The minimum absolute atomic E-state index is 0.0874. The van der Waals surface area contributed by atoms with Crippen LogP contribution >= 0.6 is 0 Å². The highest BCUT2D eigenvalue weighted by molar-refractivity contribution is 5.92. The Hall–Kier alpha value is -2.11. The molecule has 1 amide bonds. The molecule has 2 aromatic rings. The number of aryl methyl sites for hydroxylation is 2.